The van der Waals surface area contributed by atoms with Gasteiger partial charge in [0.05, 0.1) is 6.41 Å². The van der Waals surface area contributed by atoms with Gasteiger partial charge in [0.25, 0.3) is 0 Å². The van der Waals surface area contributed by atoms with Gasteiger partial charge < -0.3 is 26.2 Å². The fourth-order valence-corrected chi connectivity index (χ4v) is 3.46. The Morgan fingerprint density at radius 3 is 2.30 bits per heavy atom. The Balaban J connectivity index is 0.000000291. The number of aldehydes is 1. The van der Waals surface area contributed by atoms with Gasteiger partial charge in [-0.2, -0.15) is 12.8 Å². The first-order valence-corrected chi connectivity index (χ1v) is 10.6. The monoisotopic (exact) mass is 576 g/mol. The smallest absolute Gasteiger partial charge is 0.490 e. The van der Waals surface area contributed by atoms with Crippen LogP contribution in [0.3, 0.4) is 0 Å². The number of hydrogen-bond donors (Lipinski definition) is 1. The SMILES string of the molecule is O=CCCCCCCN1CC[CH-]CC1.O=[C-]Nc1ccccc1-c1ccccc1.[W+2]. The van der Waals surface area contributed by atoms with Crippen LogP contribution in [0.25, 0.3) is 11.1 Å². The minimum Gasteiger partial charge on any atom is -0.490 e. The Hall–Kier alpha value is -1.77. The van der Waals surface area contributed by atoms with Gasteiger partial charge in [-0.3, -0.25) is 0 Å². The van der Waals surface area contributed by atoms with Crippen molar-refractivity contribution in [3.8, 4) is 11.1 Å². The number of carbonyl (C=O) groups is 1. The van der Waals surface area contributed by atoms with E-state index in [2.05, 4.69) is 16.6 Å². The maximum absolute atomic E-state index is 10.3. The van der Waals surface area contributed by atoms with E-state index >= 15 is 0 Å². The maximum Gasteiger partial charge on any atom is 2.00 e. The van der Waals surface area contributed by atoms with E-state index in [0.29, 0.717) is 0 Å². The van der Waals surface area contributed by atoms with Crippen molar-refractivity contribution in [2.24, 2.45) is 0 Å². The number of rotatable bonds is 10. The number of unbranched alkanes of at least 4 members (excludes halogenated alkanes) is 4. The van der Waals surface area contributed by atoms with Crippen LogP contribution in [0, 0.1) is 6.42 Å². The first kappa shape index (κ1) is 26.3. The first-order chi connectivity index (χ1) is 14.3. The number of amides is 1. The molecule has 160 valence electrons. The zero-order valence-electron chi connectivity index (χ0n) is 17.6. The third-order valence-corrected chi connectivity index (χ3v) is 5.04. The Bertz CT molecular complexity index is 703. The van der Waals surface area contributed by atoms with Crippen LogP contribution in [0.5, 0.6) is 0 Å². The molecule has 4 nitrogen and oxygen atoms in total. The molecule has 0 aliphatic carbocycles. The van der Waals surface area contributed by atoms with Gasteiger partial charge in [0.2, 0.25) is 0 Å². The Morgan fingerprint density at radius 1 is 0.933 bits per heavy atom. The molecule has 0 unspecified atom stereocenters. The molecule has 1 aliphatic heterocycles. The molecule has 2 aromatic carbocycles. The van der Waals surface area contributed by atoms with Gasteiger partial charge in [-0.15, -0.1) is 11.8 Å². The number of nitrogens with one attached hydrogen (secondary N) is 1. The quantitative estimate of drug-likeness (QED) is 0.182. The molecule has 0 bridgehead atoms. The summed E-state index contributed by atoms with van der Waals surface area (Å²) in [5, 5.41) is 2.57. The van der Waals surface area contributed by atoms with Gasteiger partial charge in [0.1, 0.15) is 6.29 Å². The van der Waals surface area contributed by atoms with Crippen LogP contribution < -0.4 is 5.32 Å². The number of hydrogen-bond acceptors (Lipinski definition) is 3. The zero-order valence-corrected chi connectivity index (χ0v) is 20.5. The third kappa shape index (κ3) is 10.3. The van der Waals surface area contributed by atoms with E-state index in [1.165, 1.54) is 51.7 Å². The van der Waals surface area contributed by atoms with Gasteiger partial charge in [-0.25, -0.2) is 0 Å². The number of benzene rings is 2. The molecule has 5 heteroatoms. The molecule has 1 fully saturated rings. The molecule has 1 aliphatic rings. The van der Waals surface area contributed by atoms with Crippen molar-refractivity contribution in [3.05, 3.63) is 61.0 Å². The predicted molar refractivity (Wildman–Crippen MR) is 120 cm³/mol. The van der Waals surface area contributed by atoms with Crippen LogP contribution in [0.4, 0.5) is 5.69 Å². The van der Waals surface area contributed by atoms with Crippen molar-refractivity contribution < 1.29 is 30.7 Å². The number of piperidine rings is 1. The Labute approximate surface area is 195 Å². The summed E-state index contributed by atoms with van der Waals surface area (Å²) in [5.41, 5.74) is 2.86. The minimum atomic E-state index is 0. The molecule has 1 N–H and O–H groups in total. The molecule has 0 saturated carbocycles. The molecular formula is C25H32N2O2W. The molecule has 0 radical (unpaired) electrons. The standard InChI is InChI=1S/C13H10NO.C12H22NO.W/c15-10-14-13-9-5-4-8-12(13)11-6-2-1-3-7-11;14-12-8-3-1-2-5-9-13-10-6-4-7-11-13;/h1-9H,(H,14,15);4,12H,1-3,5-11H2;/q2*-1;+2. The van der Waals surface area contributed by atoms with Crippen molar-refractivity contribution >= 4 is 18.4 Å². The fraction of sp³-hybridized carbons (Fsp3) is 0.400. The summed E-state index contributed by atoms with van der Waals surface area (Å²) >= 11 is 0. The van der Waals surface area contributed by atoms with Gasteiger partial charge in [-0.05, 0) is 38.0 Å². The Morgan fingerprint density at radius 2 is 1.60 bits per heavy atom. The zero-order chi connectivity index (χ0) is 20.6. The van der Waals surface area contributed by atoms with E-state index < -0.39 is 0 Å². The number of likely N-dealkylation sites (tertiary alicyclic amines) is 1. The summed E-state index contributed by atoms with van der Waals surface area (Å²) in [7, 11) is 0. The number of nitrogens with zero attached hydrogens (tertiary/aromatic N) is 1. The molecule has 30 heavy (non-hydrogen) atoms. The van der Waals surface area contributed by atoms with E-state index in [1.807, 2.05) is 54.6 Å². The number of para-hydroxylation sites is 1. The van der Waals surface area contributed by atoms with Crippen LogP contribution in [-0.2, 0) is 30.7 Å². The van der Waals surface area contributed by atoms with Crippen LogP contribution in [-0.4, -0.2) is 37.2 Å². The molecule has 0 aromatic heterocycles. The van der Waals surface area contributed by atoms with Crippen molar-refractivity contribution in [2.75, 3.05) is 25.0 Å². The van der Waals surface area contributed by atoms with E-state index in [4.69, 9.17) is 0 Å². The number of anilines is 1. The van der Waals surface area contributed by atoms with Gasteiger partial charge >= 0.3 is 21.1 Å². The molecule has 3 rings (SSSR count). The first-order valence-electron chi connectivity index (χ1n) is 10.6. The van der Waals surface area contributed by atoms with Crippen molar-refractivity contribution in [1.82, 2.24) is 4.90 Å². The average molecular weight is 576 g/mol. The van der Waals surface area contributed by atoms with Crippen LogP contribution in [0.1, 0.15) is 44.9 Å². The van der Waals surface area contributed by atoms with E-state index in [1.54, 1.807) is 6.41 Å². The largest absolute Gasteiger partial charge is 2.00 e. The molecule has 1 saturated heterocycles. The van der Waals surface area contributed by atoms with Crippen LogP contribution in [0.2, 0.25) is 0 Å². The van der Waals surface area contributed by atoms with Crippen molar-refractivity contribution in [1.29, 1.82) is 0 Å². The second kappa shape index (κ2) is 17.0. The second-order valence-corrected chi connectivity index (χ2v) is 7.22. The third-order valence-electron chi connectivity index (χ3n) is 5.04. The summed E-state index contributed by atoms with van der Waals surface area (Å²) in [6.45, 7) is 3.78. The predicted octanol–water partition coefficient (Wildman–Crippen LogP) is 5.27. The summed E-state index contributed by atoms with van der Waals surface area (Å²) < 4.78 is 0. The van der Waals surface area contributed by atoms with E-state index in [0.717, 1.165) is 35.9 Å². The summed E-state index contributed by atoms with van der Waals surface area (Å²) in [6.07, 6.45) is 13.3. The molecular weight excluding hydrogens is 544 g/mol. The molecule has 0 spiro atoms. The van der Waals surface area contributed by atoms with Crippen LogP contribution >= 0.6 is 0 Å². The molecule has 0 atom stereocenters. The van der Waals surface area contributed by atoms with Gasteiger partial charge in [0.15, 0.2) is 0 Å². The van der Waals surface area contributed by atoms with E-state index in [-0.39, 0.29) is 21.1 Å². The topological polar surface area (TPSA) is 49.4 Å². The van der Waals surface area contributed by atoms with Crippen LogP contribution in [0.15, 0.2) is 54.6 Å². The van der Waals surface area contributed by atoms with Gasteiger partial charge in [-0.1, -0.05) is 66.9 Å². The van der Waals surface area contributed by atoms with E-state index in [9.17, 15) is 9.59 Å². The summed E-state index contributed by atoms with van der Waals surface area (Å²) in [6, 6.07) is 17.6. The minimum absolute atomic E-state index is 0. The second-order valence-electron chi connectivity index (χ2n) is 7.22. The molecule has 2 aromatic rings. The van der Waals surface area contributed by atoms with Gasteiger partial charge in [0, 0.05) is 6.42 Å². The van der Waals surface area contributed by atoms with Crippen molar-refractivity contribution in [2.45, 2.75) is 44.9 Å². The average Bonchev–Trinajstić information content (AvgIpc) is 2.79. The van der Waals surface area contributed by atoms with Crippen molar-refractivity contribution in [3.63, 3.8) is 0 Å². The summed E-state index contributed by atoms with van der Waals surface area (Å²) in [5.74, 6) is 0. The molecule has 1 heterocycles. The molecule has 1 amide bonds. The fourth-order valence-electron chi connectivity index (χ4n) is 3.46. The normalized spacial score (nSPS) is 13.3. The number of carbonyl (C=O) groups excluding carboxylic acids is 2. The Kier molecular flexibility index (Phi) is 14.9. The summed E-state index contributed by atoms with van der Waals surface area (Å²) in [4.78, 5) is 23.0. The maximum atomic E-state index is 10.3.